The third-order valence-corrected chi connectivity index (χ3v) is 2.61. The second-order valence-corrected chi connectivity index (χ2v) is 3.82. The highest BCUT2D eigenvalue weighted by atomic mass is 16.5. The Labute approximate surface area is 103 Å². The summed E-state index contributed by atoms with van der Waals surface area (Å²) in [4.78, 5) is 4.23. The lowest BCUT2D eigenvalue weighted by Crippen LogP contribution is -2.11. The minimum Gasteiger partial charge on any atom is -0.461 e. The number of furan rings is 1. The van der Waals surface area contributed by atoms with Gasteiger partial charge < -0.3 is 14.7 Å². The van der Waals surface area contributed by atoms with Gasteiger partial charge >= 0.3 is 0 Å². The number of hydrogen-bond donors (Lipinski definition) is 1. The van der Waals surface area contributed by atoms with E-state index < -0.39 is 6.04 Å². The van der Waals surface area contributed by atoms with Crippen LogP contribution in [0.25, 0.3) is 11.6 Å². The van der Waals surface area contributed by atoms with E-state index in [2.05, 4.69) is 10.1 Å². The molecule has 0 aliphatic carbocycles. The Balaban J connectivity index is 1.90. The molecule has 5 heteroatoms. The highest BCUT2D eigenvalue weighted by molar-refractivity contribution is 5.45. The number of rotatable bonds is 3. The van der Waals surface area contributed by atoms with Gasteiger partial charge in [-0.05, 0) is 17.7 Å². The van der Waals surface area contributed by atoms with Crippen LogP contribution in [0.4, 0.5) is 0 Å². The van der Waals surface area contributed by atoms with Crippen molar-refractivity contribution in [2.75, 3.05) is 0 Å². The molecule has 1 unspecified atom stereocenters. The normalized spacial score (nSPS) is 12.5. The monoisotopic (exact) mass is 241 g/mol. The third kappa shape index (κ3) is 1.91. The fourth-order valence-electron chi connectivity index (χ4n) is 1.67. The van der Waals surface area contributed by atoms with Crippen LogP contribution in [0, 0.1) is 0 Å². The number of nitrogens with two attached hydrogens (primary N) is 1. The van der Waals surface area contributed by atoms with Gasteiger partial charge in [0.05, 0.1) is 6.26 Å². The van der Waals surface area contributed by atoms with Crippen LogP contribution in [-0.4, -0.2) is 10.1 Å². The smallest absolute Gasteiger partial charge is 0.248 e. The average molecular weight is 241 g/mol. The second-order valence-electron chi connectivity index (χ2n) is 3.82. The molecule has 0 radical (unpaired) electrons. The molecule has 90 valence electrons. The van der Waals surface area contributed by atoms with Gasteiger partial charge in [-0.1, -0.05) is 35.5 Å². The molecule has 1 atom stereocenters. The number of benzene rings is 1. The number of hydrogen-bond acceptors (Lipinski definition) is 5. The van der Waals surface area contributed by atoms with Crippen molar-refractivity contribution in [3.05, 3.63) is 60.2 Å². The van der Waals surface area contributed by atoms with E-state index in [0.717, 1.165) is 5.56 Å². The predicted molar refractivity (Wildman–Crippen MR) is 64.5 cm³/mol. The van der Waals surface area contributed by atoms with E-state index in [1.165, 1.54) is 0 Å². The van der Waals surface area contributed by atoms with Crippen LogP contribution in [0.2, 0.25) is 0 Å². The van der Waals surface area contributed by atoms with E-state index in [4.69, 9.17) is 14.7 Å². The molecular weight excluding hydrogens is 230 g/mol. The van der Waals surface area contributed by atoms with E-state index in [1.54, 1.807) is 18.4 Å². The summed E-state index contributed by atoms with van der Waals surface area (Å²) in [5.41, 5.74) is 6.98. The van der Waals surface area contributed by atoms with Crippen molar-refractivity contribution in [2.24, 2.45) is 5.73 Å². The predicted octanol–water partition coefficient (Wildman–Crippen LogP) is 2.38. The Morgan fingerprint density at radius 2 is 1.89 bits per heavy atom. The summed E-state index contributed by atoms with van der Waals surface area (Å²) in [6.07, 6.45) is 1.56. The van der Waals surface area contributed by atoms with E-state index in [0.29, 0.717) is 17.5 Å². The first-order valence-electron chi connectivity index (χ1n) is 5.52. The van der Waals surface area contributed by atoms with Gasteiger partial charge in [0.2, 0.25) is 11.7 Å². The molecule has 3 rings (SSSR count). The maximum absolute atomic E-state index is 6.06. The molecule has 1 aromatic carbocycles. The first kappa shape index (κ1) is 10.7. The van der Waals surface area contributed by atoms with Gasteiger partial charge in [0, 0.05) is 0 Å². The molecule has 2 aromatic heterocycles. The van der Waals surface area contributed by atoms with Gasteiger partial charge in [0.1, 0.15) is 6.04 Å². The SMILES string of the molecule is NC(c1ccccc1)c1nc(-c2ccco2)no1. The van der Waals surface area contributed by atoms with Gasteiger partial charge in [-0.3, -0.25) is 0 Å². The van der Waals surface area contributed by atoms with E-state index in [-0.39, 0.29) is 0 Å². The van der Waals surface area contributed by atoms with Gasteiger partial charge in [0.25, 0.3) is 0 Å². The molecule has 0 saturated carbocycles. The molecule has 0 saturated heterocycles. The summed E-state index contributed by atoms with van der Waals surface area (Å²) in [5.74, 6) is 1.33. The molecule has 2 heterocycles. The Kier molecular flexibility index (Phi) is 2.66. The quantitative estimate of drug-likeness (QED) is 0.761. The van der Waals surface area contributed by atoms with Crippen LogP contribution < -0.4 is 5.73 Å². The molecule has 0 fully saturated rings. The maximum Gasteiger partial charge on any atom is 0.248 e. The van der Waals surface area contributed by atoms with Crippen LogP contribution in [0.3, 0.4) is 0 Å². The lowest BCUT2D eigenvalue weighted by Gasteiger charge is -2.05. The Morgan fingerprint density at radius 1 is 1.06 bits per heavy atom. The minimum atomic E-state index is -0.428. The van der Waals surface area contributed by atoms with Crippen molar-refractivity contribution >= 4 is 0 Å². The summed E-state index contributed by atoms with van der Waals surface area (Å²) in [6.45, 7) is 0. The second kappa shape index (κ2) is 4.46. The highest BCUT2D eigenvalue weighted by Crippen LogP contribution is 2.21. The average Bonchev–Trinajstić information content (AvgIpc) is 3.09. The summed E-state index contributed by atoms with van der Waals surface area (Å²) >= 11 is 0. The van der Waals surface area contributed by atoms with Gasteiger partial charge in [0.15, 0.2) is 5.76 Å². The van der Waals surface area contributed by atoms with Gasteiger partial charge in [-0.25, -0.2) is 0 Å². The van der Waals surface area contributed by atoms with E-state index in [9.17, 15) is 0 Å². The Hall–Kier alpha value is -2.40. The Morgan fingerprint density at radius 3 is 2.61 bits per heavy atom. The fraction of sp³-hybridized carbons (Fsp3) is 0.0769. The maximum atomic E-state index is 6.06. The molecule has 3 aromatic rings. The lowest BCUT2D eigenvalue weighted by molar-refractivity contribution is 0.366. The highest BCUT2D eigenvalue weighted by Gasteiger charge is 2.18. The van der Waals surface area contributed by atoms with E-state index in [1.807, 2.05) is 30.3 Å². The van der Waals surface area contributed by atoms with E-state index >= 15 is 0 Å². The van der Waals surface area contributed by atoms with Crippen molar-refractivity contribution in [3.63, 3.8) is 0 Å². The molecule has 0 aliphatic heterocycles. The van der Waals surface area contributed by atoms with Crippen LogP contribution in [0.5, 0.6) is 0 Å². The van der Waals surface area contributed by atoms with Gasteiger partial charge in [-0.15, -0.1) is 0 Å². The standard InChI is InChI=1S/C13H11N3O2/c14-11(9-5-2-1-3-6-9)13-15-12(16-18-13)10-7-4-8-17-10/h1-8,11H,14H2. The molecular formula is C13H11N3O2. The molecule has 2 N–H and O–H groups in total. The minimum absolute atomic E-state index is 0.368. The Bertz CT molecular complexity index is 617. The van der Waals surface area contributed by atoms with Crippen LogP contribution in [0.1, 0.15) is 17.5 Å². The largest absolute Gasteiger partial charge is 0.461 e. The first-order valence-corrected chi connectivity index (χ1v) is 5.52. The summed E-state index contributed by atoms with van der Waals surface area (Å²) < 4.78 is 10.4. The summed E-state index contributed by atoms with van der Waals surface area (Å²) in [7, 11) is 0. The lowest BCUT2D eigenvalue weighted by atomic mass is 10.1. The molecule has 0 amide bonds. The van der Waals surface area contributed by atoms with Crippen molar-refractivity contribution in [1.29, 1.82) is 0 Å². The van der Waals surface area contributed by atoms with Crippen molar-refractivity contribution in [3.8, 4) is 11.6 Å². The van der Waals surface area contributed by atoms with Gasteiger partial charge in [-0.2, -0.15) is 4.98 Å². The third-order valence-electron chi connectivity index (χ3n) is 2.61. The molecule has 5 nitrogen and oxygen atoms in total. The van der Waals surface area contributed by atoms with Crippen molar-refractivity contribution in [1.82, 2.24) is 10.1 Å². The van der Waals surface area contributed by atoms with Crippen LogP contribution >= 0.6 is 0 Å². The summed E-state index contributed by atoms with van der Waals surface area (Å²) in [5, 5.41) is 3.85. The zero-order valence-electron chi connectivity index (χ0n) is 9.48. The number of nitrogens with zero attached hydrogens (tertiary/aromatic N) is 2. The summed E-state index contributed by atoms with van der Waals surface area (Å²) in [6, 6.07) is 12.7. The molecule has 0 spiro atoms. The zero-order chi connectivity index (χ0) is 12.4. The van der Waals surface area contributed by atoms with Crippen molar-refractivity contribution in [2.45, 2.75) is 6.04 Å². The fourth-order valence-corrected chi connectivity index (χ4v) is 1.67. The molecule has 0 bridgehead atoms. The molecule has 18 heavy (non-hydrogen) atoms. The molecule has 0 aliphatic rings. The van der Waals surface area contributed by atoms with Crippen molar-refractivity contribution < 1.29 is 8.94 Å². The topological polar surface area (TPSA) is 78.1 Å². The van der Waals surface area contributed by atoms with Crippen LogP contribution in [-0.2, 0) is 0 Å². The first-order chi connectivity index (χ1) is 8.84. The zero-order valence-corrected chi connectivity index (χ0v) is 9.48. The van der Waals surface area contributed by atoms with Crippen LogP contribution in [0.15, 0.2) is 57.7 Å². The number of aromatic nitrogens is 2.